The number of halogens is 2. The zero-order valence-electron chi connectivity index (χ0n) is 12.2. The molecule has 0 unspecified atom stereocenters. The summed E-state index contributed by atoms with van der Waals surface area (Å²) < 4.78 is 26.4. The first kappa shape index (κ1) is 15.9. The standard InChI is InChI=1S/C17H19F2N3/c18-15-6-7-16(19)14(12-15)9-11-22-17(20)21-10-8-13-4-2-1-3-5-13/h1-7,12H,8-11H2,(H3,20,21,22). The van der Waals surface area contributed by atoms with E-state index < -0.39 is 11.6 Å². The number of nitrogens with two attached hydrogens (primary N) is 1. The normalized spacial score (nSPS) is 11.5. The summed E-state index contributed by atoms with van der Waals surface area (Å²) in [5.74, 6) is -0.561. The van der Waals surface area contributed by atoms with Crippen LogP contribution in [0.1, 0.15) is 11.1 Å². The van der Waals surface area contributed by atoms with Crippen LogP contribution in [0.3, 0.4) is 0 Å². The average molecular weight is 303 g/mol. The molecular weight excluding hydrogens is 284 g/mol. The van der Waals surface area contributed by atoms with Gasteiger partial charge >= 0.3 is 0 Å². The van der Waals surface area contributed by atoms with Gasteiger partial charge in [-0.1, -0.05) is 30.3 Å². The molecule has 2 aromatic carbocycles. The van der Waals surface area contributed by atoms with Gasteiger partial charge in [-0.3, -0.25) is 4.99 Å². The maximum Gasteiger partial charge on any atom is 0.188 e. The summed E-state index contributed by atoms with van der Waals surface area (Å²) >= 11 is 0. The Balaban J connectivity index is 1.74. The molecule has 0 fully saturated rings. The number of nitrogens with zero attached hydrogens (tertiary/aromatic N) is 1. The second kappa shape index (κ2) is 8.12. The van der Waals surface area contributed by atoms with Crippen LogP contribution in [0.25, 0.3) is 0 Å². The van der Waals surface area contributed by atoms with Gasteiger partial charge in [0.25, 0.3) is 0 Å². The second-order valence-electron chi connectivity index (χ2n) is 4.92. The first-order valence-electron chi connectivity index (χ1n) is 7.17. The van der Waals surface area contributed by atoms with Crippen LogP contribution >= 0.6 is 0 Å². The molecule has 0 saturated heterocycles. The molecule has 0 aliphatic carbocycles. The highest BCUT2D eigenvalue weighted by Crippen LogP contribution is 2.10. The zero-order valence-corrected chi connectivity index (χ0v) is 12.2. The Morgan fingerprint density at radius 2 is 1.82 bits per heavy atom. The van der Waals surface area contributed by atoms with Crippen molar-refractivity contribution < 1.29 is 8.78 Å². The van der Waals surface area contributed by atoms with Gasteiger partial charge in [-0.25, -0.2) is 8.78 Å². The lowest BCUT2D eigenvalue weighted by atomic mass is 10.1. The Labute approximate surface area is 128 Å². The third-order valence-corrected chi connectivity index (χ3v) is 3.23. The number of guanidine groups is 1. The lowest BCUT2D eigenvalue weighted by Crippen LogP contribution is -2.33. The van der Waals surface area contributed by atoms with Gasteiger partial charge in [0.05, 0.1) is 0 Å². The van der Waals surface area contributed by atoms with Crippen LogP contribution in [-0.2, 0) is 12.8 Å². The van der Waals surface area contributed by atoms with E-state index in [1.807, 2.05) is 30.3 Å². The van der Waals surface area contributed by atoms with Crippen molar-refractivity contribution in [2.75, 3.05) is 13.1 Å². The minimum atomic E-state index is -0.450. The van der Waals surface area contributed by atoms with Crippen LogP contribution in [0.2, 0.25) is 0 Å². The minimum Gasteiger partial charge on any atom is -0.370 e. The van der Waals surface area contributed by atoms with E-state index in [0.717, 1.165) is 18.6 Å². The van der Waals surface area contributed by atoms with Crippen LogP contribution in [0.5, 0.6) is 0 Å². The Kier molecular flexibility index (Phi) is 5.89. The molecule has 0 heterocycles. The Morgan fingerprint density at radius 3 is 2.59 bits per heavy atom. The quantitative estimate of drug-likeness (QED) is 0.637. The SMILES string of the molecule is NC(=NCCc1cc(F)ccc1F)NCCc1ccccc1. The summed E-state index contributed by atoms with van der Waals surface area (Å²) in [6.45, 7) is 0.984. The lowest BCUT2D eigenvalue weighted by Gasteiger charge is -2.06. The fourth-order valence-corrected chi connectivity index (χ4v) is 2.07. The Hall–Kier alpha value is -2.43. The molecule has 0 atom stereocenters. The maximum absolute atomic E-state index is 13.4. The van der Waals surface area contributed by atoms with Gasteiger partial charge in [0.1, 0.15) is 11.6 Å². The summed E-state index contributed by atoms with van der Waals surface area (Å²) in [6.07, 6.45) is 1.15. The summed E-state index contributed by atoms with van der Waals surface area (Å²) in [5, 5.41) is 3.00. The molecule has 0 amide bonds. The second-order valence-corrected chi connectivity index (χ2v) is 4.92. The number of nitrogens with one attached hydrogen (secondary N) is 1. The molecule has 0 bridgehead atoms. The van der Waals surface area contributed by atoms with Crippen LogP contribution in [0, 0.1) is 11.6 Å². The van der Waals surface area contributed by atoms with E-state index in [2.05, 4.69) is 10.3 Å². The molecule has 5 heteroatoms. The molecular formula is C17H19F2N3. The molecule has 3 N–H and O–H groups in total. The van der Waals surface area contributed by atoms with Gasteiger partial charge in [-0.05, 0) is 42.2 Å². The van der Waals surface area contributed by atoms with E-state index in [1.54, 1.807) is 0 Å². The molecule has 116 valence electrons. The monoisotopic (exact) mass is 303 g/mol. The first-order valence-corrected chi connectivity index (χ1v) is 7.17. The van der Waals surface area contributed by atoms with Gasteiger partial charge in [0, 0.05) is 13.1 Å². The van der Waals surface area contributed by atoms with E-state index >= 15 is 0 Å². The molecule has 0 spiro atoms. The molecule has 22 heavy (non-hydrogen) atoms. The lowest BCUT2D eigenvalue weighted by molar-refractivity contribution is 0.585. The minimum absolute atomic E-state index is 0.306. The van der Waals surface area contributed by atoms with Gasteiger partial charge in [0.2, 0.25) is 0 Å². The summed E-state index contributed by atoms with van der Waals surface area (Å²) in [6, 6.07) is 13.4. The fraction of sp³-hybridized carbons (Fsp3) is 0.235. The largest absolute Gasteiger partial charge is 0.370 e. The third-order valence-electron chi connectivity index (χ3n) is 3.23. The van der Waals surface area contributed by atoms with Crippen molar-refractivity contribution in [3.63, 3.8) is 0 Å². The number of hydrogen-bond donors (Lipinski definition) is 2. The average Bonchev–Trinajstić information content (AvgIpc) is 2.52. The molecule has 0 aromatic heterocycles. The molecule has 0 aliphatic heterocycles. The number of aliphatic imine (C=N–C) groups is 1. The molecule has 0 saturated carbocycles. The van der Waals surface area contributed by atoms with Crippen molar-refractivity contribution in [1.82, 2.24) is 5.32 Å². The Bertz CT molecular complexity index is 627. The number of hydrogen-bond acceptors (Lipinski definition) is 1. The van der Waals surface area contributed by atoms with Crippen molar-refractivity contribution in [2.45, 2.75) is 12.8 Å². The van der Waals surface area contributed by atoms with Crippen molar-refractivity contribution in [1.29, 1.82) is 0 Å². The first-order chi connectivity index (χ1) is 10.6. The van der Waals surface area contributed by atoms with Crippen LogP contribution in [0.15, 0.2) is 53.5 Å². The Morgan fingerprint density at radius 1 is 1.05 bits per heavy atom. The summed E-state index contributed by atoms with van der Waals surface area (Å²) in [7, 11) is 0. The molecule has 3 nitrogen and oxygen atoms in total. The van der Waals surface area contributed by atoms with Crippen LogP contribution in [0.4, 0.5) is 8.78 Å². The highest BCUT2D eigenvalue weighted by Gasteiger charge is 2.03. The smallest absolute Gasteiger partial charge is 0.188 e. The van der Waals surface area contributed by atoms with Crippen molar-refractivity contribution in [3.8, 4) is 0 Å². The summed E-state index contributed by atoms with van der Waals surface area (Å²) in [4.78, 5) is 4.12. The van der Waals surface area contributed by atoms with E-state index in [4.69, 9.17) is 5.73 Å². The predicted octanol–water partition coefficient (Wildman–Crippen LogP) is 2.65. The fourth-order valence-electron chi connectivity index (χ4n) is 2.07. The highest BCUT2D eigenvalue weighted by molar-refractivity contribution is 5.77. The van der Waals surface area contributed by atoms with Crippen molar-refractivity contribution in [2.24, 2.45) is 10.7 Å². The number of benzene rings is 2. The molecule has 2 aromatic rings. The topological polar surface area (TPSA) is 50.4 Å². The van der Waals surface area contributed by atoms with Gasteiger partial charge in [0.15, 0.2) is 5.96 Å². The van der Waals surface area contributed by atoms with Crippen LogP contribution < -0.4 is 11.1 Å². The van der Waals surface area contributed by atoms with Crippen molar-refractivity contribution >= 4 is 5.96 Å². The number of rotatable bonds is 6. The van der Waals surface area contributed by atoms with E-state index in [9.17, 15) is 8.78 Å². The summed E-state index contributed by atoms with van der Waals surface area (Å²) in [5.41, 5.74) is 7.26. The molecule has 0 aliphatic rings. The maximum atomic E-state index is 13.4. The van der Waals surface area contributed by atoms with Gasteiger partial charge in [-0.2, -0.15) is 0 Å². The molecule has 0 radical (unpaired) electrons. The third kappa shape index (κ3) is 5.16. The van der Waals surface area contributed by atoms with Gasteiger partial charge < -0.3 is 11.1 Å². The van der Waals surface area contributed by atoms with E-state index in [0.29, 0.717) is 31.0 Å². The van der Waals surface area contributed by atoms with E-state index in [-0.39, 0.29) is 0 Å². The molecule has 2 rings (SSSR count). The predicted molar refractivity (Wildman–Crippen MR) is 84.7 cm³/mol. The van der Waals surface area contributed by atoms with E-state index in [1.165, 1.54) is 11.6 Å². The van der Waals surface area contributed by atoms with Crippen LogP contribution in [-0.4, -0.2) is 19.0 Å². The zero-order chi connectivity index (χ0) is 15.8. The van der Waals surface area contributed by atoms with Crippen molar-refractivity contribution in [3.05, 3.63) is 71.3 Å². The highest BCUT2D eigenvalue weighted by atomic mass is 19.1. The van der Waals surface area contributed by atoms with Gasteiger partial charge in [-0.15, -0.1) is 0 Å².